The number of nitrogens with zero attached hydrogens (tertiary/aromatic N) is 2. The monoisotopic (exact) mass is 361 g/mol. The highest BCUT2D eigenvalue weighted by atomic mass is 35.5. The van der Waals surface area contributed by atoms with Crippen LogP contribution in [0.5, 0.6) is 0 Å². The van der Waals surface area contributed by atoms with Crippen LogP contribution in [-0.4, -0.2) is 46.7 Å². The van der Waals surface area contributed by atoms with E-state index < -0.39 is 6.03 Å². The van der Waals surface area contributed by atoms with Gasteiger partial charge in [-0.1, -0.05) is 29.8 Å². The summed E-state index contributed by atoms with van der Waals surface area (Å²) in [6, 6.07) is 8.94. The topological polar surface area (TPSA) is 104 Å². The SMILES string of the molecule is NC(=O)NCC(=O)N1CCC(c2cc(-c3ccccc3Cl)n[nH]2)CC1. The Hall–Kier alpha value is -2.54. The molecule has 1 fully saturated rings. The van der Waals surface area contributed by atoms with E-state index in [-0.39, 0.29) is 12.5 Å². The molecule has 1 aromatic heterocycles. The lowest BCUT2D eigenvalue weighted by Gasteiger charge is -2.31. The number of piperidine rings is 1. The van der Waals surface area contributed by atoms with E-state index in [9.17, 15) is 9.59 Å². The van der Waals surface area contributed by atoms with E-state index in [0.29, 0.717) is 24.0 Å². The molecule has 132 valence electrons. The number of amides is 3. The largest absolute Gasteiger partial charge is 0.352 e. The number of nitrogens with one attached hydrogen (secondary N) is 2. The minimum Gasteiger partial charge on any atom is -0.352 e. The summed E-state index contributed by atoms with van der Waals surface area (Å²) in [5, 5.41) is 10.5. The van der Waals surface area contributed by atoms with Crippen molar-refractivity contribution >= 4 is 23.5 Å². The summed E-state index contributed by atoms with van der Waals surface area (Å²) in [7, 11) is 0. The number of aromatic nitrogens is 2. The van der Waals surface area contributed by atoms with E-state index in [4.69, 9.17) is 17.3 Å². The van der Waals surface area contributed by atoms with Crippen molar-refractivity contribution in [2.24, 2.45) is 5.73 Å². The molecule has 2 aromatic rings. The van der Waals surface area contributed by atoms with Crippen molar-refractivity contribution < 1.29 is 9.59 Å². The van der Waals surface area contributed by atoms with E-state index in [1.165, 1.54) is 0 Å². The predicted octanol–water partition coefficient (Wildman–Crippen LogP) is 2.10. The Morgan fingerprint density at radius 1 is 1.32 bits per heavy atom. The van der Waals surface area contributed by atoms with Crippen LogP contribution in [0, 0.1) is 0 Å². The van der Waals surface area contributed by atoms with Gasteiger partial charge in [0.15, 0.2) is 0 Å². The molecule has 0 atom stereocenters. The van der Waals surface area contributed by atoms with Gasteiger partial charge in [0.25, 0.3) is 0 Å². The number of carbonyl (C=O) groups excluding carboxylic acids is 2. The first-order valence-corrected chi connectivity index (χ1v) is 8.53. The van der Waals surface area contributed by atoms with Gasteiger partial charge >= 0.3 is 6.03 Å². The Kier molecular flexibility index (Phi) is 5.23. The van der Waals surface area contributed by atoms with Crippen molar-refractivity contribution in [3.8, 4) is 11.3 Å². The van der Waals surface area contributed by atoms with Crippen molar-refractivity contribution in [3.05, 3.63) is 41.0 Å². The van der Waals surface area contributed by atoms with Crippen LogP contribution < -0.4 is 11.1 Å². The van der Waals surface area contributed by atoms with Crippen molar-refractivity contribution in [1.82, 2.24) is 20.4 Å². The summed E-state index contributed by atoms with van der Waals surface area (Å²) in [6.45, 7) is 1.23. The number of hydrogen-bond donors (Lipinski definition) is 3. The van der Waals surface area contributed by atoms with Gasteiger partial charge in [0.05, 0.1) is 17.3 Å². The van der Waals surface area contributed by atoms with E-state index >= 15 is 0 Å². The fourth-order valence-electron chi connectivity index (χ4n) is 3.07. The summed E-state index contributed by atoms with van der Waals surface area (Å²) >= 11 is 6.22. The number of nitrogens with two attached hydrogens (primary N) is 1. The van der Waals surface area contributed by atoms with Crippen LogP contribution in [-0.2, 0) is 4.79 Å². The summed E-state index contributed by atoms with van der Waals surface area (Å²) in [4.78, 5) is 24.4. The lowest BCUT2D eigenvalue weighted by atomic mass is 9.93. The zero-order chi connectivity index (χ0) is 17.8. The van der Waals surface area contributed by atoms with Crippen LogP contribution in [0.3, 0.4) is 0 Å². The number of carbonyl (C=O) groups is 2. The number of H-pyrrole nitrogens is 1. The molecule has 7 nitrogen and oxygen atoms in total. The second kappa shape index (κ2) is 7.57. The van der Waals surface area contributed by atoms with Gasteiger partial charge in [-0.05, 0) is 25.0 Å². The molecule has 0 bridgehead atoms. The molecule has 1 aliphatic rings. The normalized spacial score (nSPS) is 15.2. The molecule has 0 aliphatic carbocycles. The quantitative estimate of drug-likeness (QED) is 0.776. The first kappa shape index (κ1) is 17.3. The summed E-state index contributed by atoms with van der Waals surface area (Å²) in [5.41, 5.74) is 7.76. The Morgan fingerprint density at radius 2 is 2.04 bits per heavy atom. The Bertz CT molecular complexity index is 768. The van der Waals surface area contributed by atoms with Crippen LogP contribution in [0.25, 0.3) is 11.3 Å². The number of benzene rings is 1. The summed E-state index contributed by atoms with van der Waals surface area (Å²) in [5.74, 6) is 0.204. The van der Waals surface area contributed by atoms with E-state index in [2.05, 4.69) is 15.5 Å². The van der Waals surface area contributed by atoms with Crippen LogP contribution >= 0.6 is 11.6 Å². The Balaban J connectivity index is 1.60. The number of likely N-dealkylation sites (tertiary alicyclic amines) is 1. The number of rotatable bonds is 4. The lowest BCUT2D eigenvalue weighted by Crippen LogP contribution is -2.44. The second-order valence-electron chi connectivity index (χ2n) is 6.06. The third-order valence-electron chi connectivity index (χ3n) is 4.45. The standard InChI is InChI=1S/C17H20ClN5O2/c18-13-4-2-1-3-12(13)15-9-14(21-22-15)11-5-7-23(8-6-11)16(24)10-20-17(19)25/h1-4,9,11H,5-8,10H2,(H,21,22)(H3,19,20,25). The zero-order valence-corrected chi connectivity index (χ0v) is 14.4. The van der Waals surface area contributed by atoms with E-state index in [0.717, 1.165) is 29.8 Å². The molecule has 0 unspecified atom stereocenters. The predicted molar refractivity (Wildman–Crippen MR) is 95.2 cm³/mol. The third-order valence-corrected chi connectivity index (χ3v) is 4.78. The van der Waals surface area contributed by atoms with Crippen LogP contribution in [0.4, 0.5) is 4.79 Å². The molecule has 25 heavy (non-hydrogen) atoms. The van der Waals surface area contributed by atoms with Gasteiger partial charge in [-0.3, -0.25) is 9.89 Å². The van der Waals surface area contributed by atoms with E-state index in [1.807, 2.05) is 30.3 Å². The maximum Gasteiger partial charge on any atom is 0.312 e. The van der Waals surface area contributed by atoms with Crippen LogP contribution in [0.2, 0.25) is 5.02 Å². The highest BCUT2D eigenvalue weighted by Crippen LogP contribution is 2.31. The van der Waals surface area contributed by atoms with Gasteiger partial charge < -0.3 is 16.0 Å². The van der Waals surface area contributed by atoms with Crippen LogP contribution in [0.15, 0.2) is 30.3 Å². The summed E-state index contributed by atoms with van der Waals surface area (Å²) < 4.78 is 0. The smallest absolute Gasteiger partial charge is 0.312 e. The third kappa shape index (κ3) is 4.11. The van der Waals surface area contributed by atoms with Gasteiger partial charge in [0, 0.05) is 30.3 Å². The zero-order valence-electron chi connectivity index (χ0n) is 13.7. The van der Waals surface area contributed by atoms with Gasteiger partial charge in [-0.2, -0.15) is 5.10 Å². The number of primary amides is 1. The second-order valence-corrected chi connectivity index (χ2v) is 6.47. The van der Waals surface area contributed by atoms with Crippen molar-refractivity contribution in [2.45, 2.75) is 18.8 Å². The lowest BCUT2D eigenvalue weighted by molar-refractivity contribution is -0.131. The molecular weight excluding hydrogens is 342 g/mol. The molecule has 2 heterocycles. The highest BCUT2D eigenvalue weighted by molar-refractivity contribution is 6.33. The molecular formula is C17H20ClN5O2. The summed E-state index contributed by atoms with van der Waals surface area (Å²) in [6.07, 6.45) is 1.68. The van der Waals surface area contributed by atoms with Gasteiger partial charge in [0.2, 0.25) is 5.91 Å². The molecule has 3 amide bonds. The molecule has 3 rings (SSSR count). The fourth-order valence-corrected chi connectivity index (χ4v) is 3.30. The number of hydrogen-bond acceptors (Lipinski definition) is 3. The van der Waals surface area contributed by atoms with Gasteiger partial charge in [0.1, 0.15) is 0 Å². The molecule has 1 aliphatic heterocycles. The van der Waals surface area contributed by atoms with Crippen molar-refractivity contribution in [1.29, 1.82) is 0 Å². The molecule has 1 aromatic carbocycles. The average Bonchev–Trinajstić information content (AvgIpc) is 3.10. The number of halogens is 1. The van der Waals surface area contributed by atoms with Crippen LogP contribution in [0.1, 0.15) is 24.5 Å². The first-order chi connectivity index (χ1) is 12.0. The van der Waals surface area contributed by atoms with Gasteiger partial charge in [-0.25, -0.2) is 4.79 Å². The fraction of sp³-hybridized carbons (Fsp3) is 0.353. The number of urea groups is 1. The number of aromatic amines is 1. The Labute approximate surface area is 150 Å². The maximum absolute atomic E-state index is 12.0. The average molecular weight is 362 g/mol. The molecule has 0 radical (unpaired) electrons. The minimum absolute atomic E-state index is 0.0548. The molecule has 8 heteroatoms. The van der Waals surface area contributed by atoms with Gasteiger partial charge in [-0.15, -0.1) is 0 Å². The first-order valence-electron chi connectivity index (χ1n) is 8.16. The molecule has 4 N–H and O–H groups in total. The molecule has 0 saturated carbocycles. The maximum atomic E-state index is 12.0. The van der Waals surface area contributed by atoms with E-state index in [1.54, 1.807) is 4.90 Å². The molecule has 0 spiro atoms. The molecule has 1 saturated heterocycles. The van der Waals surface area contributed by atoms with Crippen molar-refractivity contribution in [2.75, 3.05) is 19.6 Å². The minimum atomic E-state index is -0.687. The Morgan fingerprint density at radius 3 is 2.72 bits per heavy atom. The highest BCUT2D eigenvalue weighted by Gasteiger charge is 2.25. The van der Waals surface area contributed by atoms with Crippen molar-refractivity contribution in [3.63, 3.8) is 0 Å².